The molecule has 1 N–H and O–H groups in total. The van der Waals surface area contributed by atoms with Gasteiger partial charge in [-0.15, -0.1) is 10.2 Å². The van der Waals surface area contributed by atoms with Crippen molar-refractivity contribution in [3.63, 3.8) is 0 Å². The molecular formula is C16H19ClN4O2S. The van der Waals surface area contributed by atoms with E-state index in [1.807, 2.05) is 6.92 Å². The Kier molecular flexibility index (Phi) is 5.63. The molecule has 128 valence electrons. The summed E-state index contributed by atoms with van der Waals surface area (Å²) in [6.45, 7) is 2.38. The van der Waals surface area contributed by atoms with Gasteiger partial charge in [0, 0.05) is 12.5 Å². The Labute approximate surface area is 149 Å². The fourth-order valence-electron chi connectivity index (χ4n) is 2.84. The van der Waals surface area contributed by atoms with Crippen LogP contribution in [0.4, 0.5) is 5.13 Å². The van der Waals surface area contributed by atoms with Crippen LogP contribution in [-0.2, 0) is 6.42 Å². The van der Waals surface area contributed by atoms with Crippen molar-refractivity contribution in [2.24, 2.45) is 5.92 Å². The van der Waals surface area contributed by atoms with Crippen molar-refractivity contribution in [3.05, 3.63) is 28.0 Å². The van der Waals surface area contributed by atoms with Crippen LogP contribution in [0, 0.1) is 5.92 Å². The molecule has 0 spiro atoms. The average Bonchev–Trinajstić information content (AvgIpc) is 3.20. The van der Waals surface area contributed by atoms with E-state index < -0.39 is 5.91 Å². The molecule has 1 aliphatic carbocycles. The van der Waals surface area contributed by atoms with Gasteiger partial charge in [0.15, 0.2) is 0 Å². The molecule has 0 saturated heterocycles. The third kappa shape index (κ3) is 4.21. The van der Waals surface area contributed by atoms with E-state index in [1.165, 1.54) is 43.2 Å². The van der Waals surface area contributed by atoms with Gasteiger partial charge in [-0.05, 0) is 12.8 Å². The number of carbonyl (C=O) groups excluding carboxylic acids is 1. The molecule has 0 aliphatic heterocycles. The predicted molar refractivity (Wildman–Crippen MR) is 93.9 cm³/mol. The Balaban J connectivity index is 1.63. The second-order valence-corrected chi connectivity index (χ2v) is 7.21. The van der Waals surface area contributed by atoms with E-state index in [4.69, 9.17) is 16.3 Å². The van der Waals surface area contributed by atoms with E-state index >= 15 is 0 Å². The molecule has 1 saturated carbocycles. The van der Waals surface area contributed by atoms with E-state index in [0.717, 1.165) is 11.4 Å². The number of amides is 1. The Morgan fingerprint density at radius 1 is 1.42 bits per heavy atom. The molecule has 0 aromatic carbocycles. The molecule has 2 aromatic rings. The summed E-state index contributed by atoms with van der Waals surface area (Å²) in [7, 11) is 0. The summed E-state index contributed by atoms with van der Waals surface area (Å²) in [5.74, 6) is 0.837. The van der Waals surface area contributed by atoms with Crippen molar-refractivity contribution in [2.45, 2.75) is 39.0 Å². The monoisotopic (exact) mass is 366 g/mol. The van der Waals surface area contributed by atoms with Gasteiger partial charge >= 0.3 is 0 Å². The quantitative estimate of drug-likeness (QED) is 0.836. The van der Waals surface area contributed by atoms with Crippen LogP contribution >= 0.6 is 22.9 Å². The first kappa shape index (κ1) is 17.1. The molecule has 0 bridgehead atoms. The summed E-state index contributed by atoms with van der Waals surface area (Å²) < 4.78 is 5.31. The first-order chi connectivity index (χ1) is 11.7. The zero-order valence-corrected chi connectivity index (χ0v) is 15.0. The number of rotatable bonds is 6. The molecule has 2 heterocycles. The smallest absolute Gasteiger partial charge is 0.277 e. The van der Waals surface area contributed by atoms with Crippen molar-refractivity contribution in [3.8, 4) is 5.75 Å². The second kappa shape index (κ2) is 7.90. The van der Waals surface area contributed by atoms with E-state index in [0.29, 0.717) is 23.4 Å². The van der Waals surface area contributed by atoms with Crippen LogP contribution in [0.2, 0.25) is 5.02 Å². The van der Waals surface area contributed by atoms with Gasteiger partial charge in [0.2, 0.25) is 5.13 Å². The van der Waals surface area contributed by atoms with Crippen molar-refractivity contribution in [1.82, 2.24) is 15.2 Å². The summed E-state index contributed by atoms with van der Waals surface area (Å²) in [4.78, 5) is 16.4. The number of anilines is 1. The molecule has 24 heavy (non-hydrogen) atoms. The molecule has 2 aromatic heterocycles. The van der Waals surface area contributed by atoms with E-state index in [1.54, 1.807) is 6.07 Å². The van der Waals surface area contributed by atoms with Gasteiger partial charge in [-0.2, -0.15) is 0 Å². The third-order valence-corrected chi connectivity index (χ3v) is 5.12. The van der Waals surface area contributed by atoms with E-state index in [9.17, 15) is 4.79 Å². The zero-order chi connectivity index (χ0) is 16.9. The van der Waals surface area contributed by atoms with Gasteiger partial charge in [0.05, 0.1) is 17.8 Å². The molecule has 1 amide bonds. The number of aromatic nitrogens is 3. The normalized spacial score (nSPS) is 14.8. The first-order valence-electron chi connectivity index (χ1n) is 8.07. The van der Waals surface area contributed by atoms with Gasteiger partial charge in [-0.25, -0.2) is 4.98 Å². The molecule has 0 unspecified atom stereocenters. The molecule has 0 radical (unpaired) electrons. The maximum absolute atomic E-state index is 12.3. The van der Waals surface area contributed by atoms with Crippen LogP contribution < -0.4 is 10.1 Å². The van der Waals surface area contributed by atoms with Crippen LogP contribution in [0.15, 0.2) is 12.3 Å². The first-order valence-corrected chi connectivity index (χ1v) is 9.27. The molecule has 8 heteroatoms. The van der Waals surface area contributed by atoms with Crippen LogP contribution in [0.3, 0.4) is 0 Å². The van der Waals surface area contributed by atoms with Gasteiger partial charge in [-0.1, -0.05) is 48.6 Å². The lowest BCUT2D eigenvalue weighted by atomic mass is 10.1. The van der Waals surface area contributed by atoms with Gasteiger partial charge in [-0.3, -0.25) is 10.1 Å². The molecule has 0 atom stereocenters. The lowest BCUT2D eigenvalue weighted by Gasteiger charge is -2.06. The Bertz CT molecular complexity index is 716. The highest BCUT2D eigenvalue weighted by Crippen LogP contribution is 2.30. The Morgan fingerprint density at radius 3 is 2.92 bits per heavy atom. The zero-order valence-electron chi connectivity index (χ0n) is 13.4. The minimum Gasteiger partial charge on any atom is -0.492 e. The summed E-state index contributed by atoms with van der Waals surface area (Å²) >= 11 is 7.52. The Hall–Kier alpha value is -1.73. The SMILES string of the molecule is CCOc1cnc(C(=O)Nc2nnc(CC3CCCC3)s2)c(Cl)c1. The van der Waals surface area contributed by atoms with Crippen molar-refractivity contribution < 1.29 is 9.53 Å². The highest BCUT2D eigenvalue weighted by Gasteiger charge is 2.19. The highest BCUT2D eigenvalue weighted by molar-refractivity contribution is 7.15. The highest BCUT2D eigenvalue weighted by atomic mass is 35.5. The summed E-state index contributed by atoms with van der Waals surface area (Å²) in [6.07, 6.45) is 7.54. The number of hydrogen-bond acceptors (Lipinski definition) is 6. The van der Waals surface area contributed by atoms with Crippen molar-refractivity contribution >= 4 is 34.0 Å². The second-order valence-electron chi connectivity index (χ2n) is 5.74. The minimum atomic E-state index is -0.397. The van der Waals surface area contributed by atoms with Crippen molar-refractivity contribution in [2.75, 3.05) is 11.9 Å². The summed E-state index contributed by atoms with van der Waals surface area (Å²) in [6, 6.07) is 1.58. The fraction of sp³-hybridized carbons (Fsp3) is 0.500. The number of ether oxygens (including phenoxy) is 1. The number of carbonyl (C=O) groups is 1. The van der Waals surface area contributed by atoms with E-state index in [-0.39, 0.29) is 10.7 Å². The maximum Gasteiger partial charge on any atom is 0.277 e. The molecule has 1 aliphatic rings. The lowest BCUT2D eigenvalue weighted by molar-refractivity contribution is 0.102. The van der Waals surface area contributed by atoms with Crippen molar-refractivity contribution in [1.29, 1.82) is 0 Å². The predicted octanol–water partition coefficient (Wildman–Crippen LogP) is 3.97. The average molecular weight is 367 g/mol. The van der Waals surface area contributed by atoms with Gasteiger partial charge in [0.25, 0.3) is 5.91 Å². The third-order valence-electron chi connectivity index (χ3n) is 3.97. The minimum absolute atomic E-state index is 0.146. The number of nitrogens with zero attached hydrogens (tertiary/aromatic N) is 3. The van der Waals surface area contributed by atoms with Crippen LogP contribution in [0.5, 0.6) is 5.75 Å². The van der Waals surface area contributed by atoms with Crippen LogP contribution in [0.25, 0.3) is 0 Å². The molecule has 1 fully saturated rings. The molecule has 6 nitrogen and oxygen atoms in total. The van der Waals surface area contributed by atoms with Gasteiger partial charge in [0.1, 0.15) is 16.5 Å². The van der Waals surface area contributed by atoms with Crippen LogP contribution in [0.1, 0.15) is 48.1 Å². The number of halogens is 1. The van der Waals surface area contributed by atoms with E-state index in [2.05, 4.69) is 20.5 Å². The topological polar surface area (TPSA) is 77.0 Å². The number of hydrogen-bond donors (Lipinski definition) is 1. The Morgan fingerprint density at radius 2 is 2.21 bits per heavy atom. The maximum atomic E-state index is 12.3. The number of pyridine rings is 1. The fourth-order valence-corrected chi connectivity index (χ4v) is 3.93. The van der Waals surface area contributed by atoms with Crippen LogP contribution in [-0.4, -0.2) is 27.7 Å². The summed E-state index contributed by atoms with van der Waals surface area (Å²) in [5.41, 5.74) is 0.146. The number of nitrogens with one attached hydrogen (secondary N) is 1. The largest absolute Gasteiger partial charge is 0.492 e. The standard InChI is InChI=1S/C16H19ClN4O2S/c1-2-23-11-8-12(17)14(18-9-11)15(22)19-16-21-20-13(24-16)7-10-5-3-4-6-10/h8-10H,2-7H2,1H3,(H,19,21,22). The molecule has 3 rings (SSSR count). The van der Waals surface area contributed by atoms with Gasteiger partial charge < -0.3 is 4.74 Å². The molecular weight excluding hydrogens is 348 g/mol. The lowest BCUT2D eigenvalue weighted by Crippen LogP contribution is -2.14. The summed E-state index contributed by atoms with van der Waals surface area (Å²) in [5, 5.41) is 12.6.